The van der Waals surface area contributed by atoms with Gasteiger partial charge in [0.15, 0.2) is 5.75 Å². The number of benzene rings is 1. The summed E-state index contributed by atoms with van der Waals surface area (Å²) in [6.07, 6.45) is 1.23. The van der Waals surface area contributed by atoms with Crippen molar-refractivity contribution in [3.63, 3.8) is 0 Å². The molecule has 27 heavy (non-hydrogen) atoms. The zero-order chi connectivity index (χ0) is 19.8. The van der Waals surface area contributed by atoms with Gasteiger partial charge in [-0.1, -0.05) is 11.6 Å². The van der Waals surface area contributed by atoms with E-state index >= 15 is 0 Å². The molecule has 1 fully saturated rings. The van der Waals surface area contributed by atoms with Gasteiger partial charge in [-0.3, -0.25) is 0 Å². The number of piperazine rings is 1. The molecule has 0 aliphatic carbocycles. The Labute approximate surface area is 171 Å². The minimum absolute atomic E-state index is 0.289. The average molecular weight is 458 g/mol. The Bertz CT molecular complexity index is 864. The van der Waals surface area contributed by atoms with Crippen molar-refractivity contribution in [3.05, 3.63) is 21.9 Å². The SMILES string of the molecule is COc1c(Br)c(Cl)cc2c(N3CCN(C(=O)OC(C)(C)C)CC3)ncnc12. The van der Waals surface area contributed by atoms with E-state index in [0.29, 0.717) is 46.9 Å². The second-order valence-electron chi connectivity index (χ2n) is 7.25. The molecule has 1 aliphatic rings. The Balaban J connectivity index is 1.84. The Kier molecular flexibility index (Phi) is 5.67. The first kappa shape index (κ1) is 19.9. The van der Waals surface area contributed by atoms with Crippen molar-refractivity contribution in [2.24, 2.45) is 0 Å². The number of fused-ring (bicyclic) bond motifs is 1. The Morgan fingerprint density at radius 1 is 1.22 bits per heavy atom. The van der Waals surface area contributed by atoms with Crippen LogP contribution < -0.4 is 9.64 Å². The molecular formula is C18H22BrClN4O3. The highest BCUT2D eigenvalue weighted by Crippen LogP contribution is 2.40. The van der Waals surface area contributed by atoms with Crippen LogP contribution in [0.1, 0.15) is 20.8 Å². The van der Waals surface area contributed by atoms with Crippen molar-refractivity contribution < 1.29 is 14.3 Å². The maximum Gasteiger partial charge on any atom is 0.410 e. The van der Waals surface area contributed by atoms with Gasteiger partial charge in [-0.15, -0.1) is 0 Å². The molecule has 0 bridgehead atoms. The third-order valence-corrected chi connectivity index (χ3v) is 5.51. The van der Waals surface area contributed by atoms with Gasteiger partial charge in [-0.05, 0) is 42.8 Å². The third kappa shape index (κ3) is 4.21. The van der Waals surface area contributed by atoms with Crippen molar-refractivity contribution in [2.45, 2.75) is 26.4 Å². The van der Waals surface area contributed by atoms with Crippen LogP contribution in [0.15, 0.2) is 16.9 Å². The van der Waals surface area contributed by atoms with Crippen LogP contribution in [0.3, 0.4) is 0 Å². The van der Waals surface area contributed by atoms with Gasteiger partial charge >= 0.3 is 6.09 Å². The monoisotopic (exact) mass is 456 g/mol. The van der Waals surface area contributed by atoms with Crippen molar-refractivity contribution in [1.82, 2.24) is 14.9 Å². The fraction of sp³-hybridized carbons (Fsp3) is 0.500. The third-order valence-electron chi connectivity index (χ3n) is 4.19. The van der Waals surface area contributed by atoms with Gasteiger partial charge in [0.2, 0.25) is 0 Å². The lowest BCUT2D eigenvalue weighted by molar-refractivity contribution is 0.0240. The molecule has 1 amide bonds. The molecule has 146 valence electrons. The predicted molar refractivity (Wildman–Crippen MR) is 109 cm³/mol. The van der Waals surface area contributed by atoms with Crippen molar-refractivity contribution in [2.75, 3.05) is 38.2 Å². The zero-order valence-electron chi connectivity index (χ0n) is 15.8. The summed E-state index contributed by atoms with van der Waals surface area (Å²) in [5.74, 6) is 1.35. The van der Waals surface area contributed by atoms with Gasteiger partial charge in [-0.25, -0.2) is 14.8 Å². The van der Waals surface area contributed by atoms with E-state index in [0.717, 1.165) is 11.2 Å². The summed E-state index contributed by atoms with van der Waals surface area (Å²) in [6, 6.07) is 1.83. The lowest BCUT2D eigenvalue weighted by Crippen LogP contribution is -2.50. The van der Waals surface area contributed by atoms with E-state index in [2.05, 4.69) is 30.8 Å². The molecule has 0 spiro atoms. The summed E-state index contributed by atoms with van der Waals surface area (Å²) in [5.41, 5.74) is 0.186. The van der Waals surface area contributed by atoms with Crippen LogP contribution in [-0.2, 0) is 4.74 Å². The smallest absolute Gasteiger partial charge is 0.410 e. The van der Waals surface area contributed by atoms with Crippen LogP contribution in [0.25, 0.3) is 10.9 Å². The topological polar surface area (TPSA) is 67.8 Å². The molecule has 0 atom stereocenters. The molecule has 1 aromatic carbocycles. The highest BCUT2D eigenvalue weighted by atomic mass is 79.9. The number of hydrogen-bond donors (Lipinski definition) is 0. The van der Waals surface area contributed by atoms with Gasteiger partial charge in [0, 0.05) is 31.6 Å². The lowest BCUT2D eigenvalue weighted by Gasteiger charge is -2.36. The predicted octanol–water partition coefficient (Wildman–Crippen LogP) is 4.11. The molecular weight excluding hydrogens is 436 g/mol. The number of carbonyl (C=O) groups excluding carboxylic acids is 1. The summed E-state index contributed by atoms with van der Waals surface area (Å²) < 4.78 is 11.6. The van der Waals surface area contributed by atoms with Crippen molar-refractivity contribution in [3.8, 4) is 5.75 Å². The molecule has 2 heterocycles. The van der Waals surface area contributed by atoms with E-state index < -0.39 is 5.60 Å². The van der Waals surface area contributed by atoms with E-state index in [4.69, 9.17) is 21.1 Å². The molecule has 0 unspecified atom stereocenters. The van der Waals surface area contributed by atoms with Crippen LogP contribution in [0, 0.1) is 0 Å². The fourth-order valence-electron chi connectivity index (χ4n) is 2.97. The number of carbonyl (C=O) groups is 1. The molecule has 3 rings (SSSR count). The summed E-state index contributed by atoms with van der Waals surface area (Å²) >= 11 is 9.78. The first-order valence-electron chi connectivity index (χ1n) is 8.61. The molecule has 7 nitrogen and oxygen atoms in total. The fourth-order valence-corrected chi connectivity index (χ4v) is 3.63. The second-order valence-corrected chi connectivity index (χ2v) is 8.45. The standard InChI is InChI=1S/C18H22BrClN4O3/c1-18(2,3)27-17(25)24-7-5-23(6-8-24)16-11-9-12(20)13(19)15(26-4)14(11)21-10-22-16/h9-10H,5-8H2,1-4H3. The molecule has 1 saturated heterocycles. The number of hydrogen-bond acceptors (Lipinski definition) is 6. The summed E-state index contributed by atoms with van der Waals surface area (Å²) in [5, 5.41) is 1.34. The van der Waals surface area contributed by atoms with Crippen LogP contribution in [0.5, 0.6) is 5.75 Å². The summed E-state index contributed by atoms with van der Waals surface area (Å²) in [6.45, 7) is 7.99. The number of methoxy groups -OCH3 is 1. The molecule has 1 aromatic heterocycles. The number of halogens is 2. The minimum atomic E-state index is -0.502. The number of nitrogens with zero attached hydrogens (tertiary/aromatic N) is 4. The van der Waals surface area contributed by atoms with E-state index in [1.165, 1.54) is 6.33 Å². The molecule has 9 heteroatoms. The maximum absolute atomic E-state index is 12.3. The quantitative estimate of drug-likeness (QED) is 0.676. The van der Waals surface area contributed by atoms with Crippen LogP contribution in [-0.4, -0.2) is 59.9 Å². The number of aromatic nitrogens is 2. The first-order chi connectivity index (χ1) is 12.7. The second kappa shape index (κ2) is 7.67. The van der Waals surface area contributed by atoms with Crippen molar-refractivity contribution >= 4 is 50.3 Å². The van der Waals surface area contributed by atoms with E-state index in [9.17, 15) is 4.79 Å². The highest BCUT2D eigenvalue weighted by molar-refractivity contribution is 9.10. The Morgan fingerprint density at radius 2 is 1.89 bits per heavy atom. The van der Waals surface area contributed by atoms with E-state index in [1.807, 2.05) is 26.8 Å². The molecule has 0 N–H and O–H groups in total. The minimum Gasteiger partial charge on any atom is -0.493 e. The van der Waals surface area contributed by atoms with Crippen LogP contribution in [0.2, 0.25) is 5.02 Å². The molecule has 1 aliphatic heterocycles. The Hall–Kier alpha value is -1.80. The highest BCUT2D eigenvalue weighted by Gasteiger charge is 2.27. The van der Waals surface area contributed by atoms with Crippen LogP contribution >= 0.6 is 27.5 Å². The van der Waals surface area contributed by atoms with Crippen molar-refractivity contribution in [1.29, 1.82) is 0 Å². The average Bonchev–Trinajstić information content (AvgIpc) is 2.61. The van der Waals surface area contributed by atoms with E-state index in [-0.39, 0.29) is 6.09 Å². The maximum atomic E-state index is 12.3. The van der Waals surface area contributed by atoms with Crippen LogP contribution in [0.4, 0.5) is 10.6 Å². The number of ether oxygens (including phenoxy) is 2. The number of rotatable bonds is 2. The largest absolute Gasteiger partial charge is 0.493 e. The number of anilines is 1. The summed E-state index contributed by atoms with van der Waals surface area (Å²) in [4.78, 5) is 24.9. The molecule has 0 saturated carbocycles. The van der Waals surface area contributed by atoms with E-state index in [1.54, 1.807) is 12.0 Å². The molecule has 0 radical (unpaired) electrons. The van der Waals surface area contributed by atoms with Gasteiger partial charge in [0.1, 0.15) is 23.3 Å². The normalized spacial score (nSPS) is 15.2. The van der Waals surface area contributed by atoms with Gasteiger partial charge in [0.05, 0.1) is 16.6 Å². The zero-order valence-corrected chi connectivity index (χ0v) is 18.1. The molecule has 2 aromatic rings. The van der Waals surface area contributed by atoms with Gasteiger partial charge in [-0.2, -0.15) is 0 Å². The van der Waals surface area contributed by atoms with Gasteiger partial charge < -0.3 is 19.3 Å². The summed E-state index contributed by atoms with van der Waals surface area (Å²) in [7, 11) is 1.58. The number of amides is 1. The lowest BCUT2D eigenvalue weighted by atomic mass is 10.2. The first-order valence-corrected chi connectivity index (χ1v) is 9.78. The Morgan fingerprint density at radius 3 is 2.48 bits per heavy atom. The van der Waals surface area contributed by atoms with Gasteiger partial charge in [0.25, 0.3) is 0 Å².